The van der Waals surface area contributed by atoms with Crippen molar-refractivity contribution < 1.29 is 62.2 Å². The molecule has 0 aliphatic carbocycles. The van der Waals surface area contributed by atoms with Gasteiger partial charge in [0.1, 0.15) is 5.60 Å². The van der Waals surface area contributed by atoms with Crippen molar-refractivity contribution in [2.75, 3.05) is 0 Å². The van der Waals surface area contributed by atoms with E-state index in [4.69, 9.17) is 0 Å². The molecular formula is C16H21F13O. The fourth-order valence-corrected chi connectivity index (χ4v) is 2.51. The first kappa shape index (κ1) is 29.1. The molecule has 0 saturated heterocycles. The van der Waals surface area contributed by atoms with E-state index >= 15 is 0 Å². The van der Waals surface area contributed by atoms with E-state index in [1.54, 1.807) is 0 Å². The van der Waals surface area contributed by atoms with Crippen molar-refractivity contribution in [2.45, 2.75) is 100 Å². The molecule has 1 atom stereocenters. The zero-order chi connectivity index (χ0) is 24.4. The first-order valence-electron chi connectivity index (χ1n) is 8.74. The zero-order valence-corrected chi connectivity index (χ0v) is 15.8. The maximum Gasteiger partial charge on any atom is 0.460 e. The molecule has 14 heteroatoms. The monoisotopic (exact) mass is 476 g/mol. The number of hydrogen-bond acceptors (Lipinski definition) is 1. The summed E-state index contributed by atoms with van der Waals surface area (Å²) in [6.45, 7) is 1.70. The summed E-state index contributed by atoms with van der Waals surface area (Å²) in [5.74, 6) is -37.6. The molecule has 30 heavy (non-hydrogen) atoms. The Morgan fingerprint density at radius 2 is 0.833 bits per heavy atom. The molecule has 0 rings (SSSR count). The molecule has 1 unspecified atom stereocenters. The maximum atomic E-state index is 14.0. The lowest BCUT2D eigenvalue weighted by molar-refractivity contribution is -0.449. The van der Waals surface area contributed by atoms with Gasteiger partial charge in [0.25, 0.3) is 0 Å². The lowest BCUT2D eigenvalue weighted by Gasteiger charge is -2.43. The number of rotatable bonds is 12. The summed E-state index contributed by atoms with van der Waals surface area (Å²) in [5.41, 5.74) is -4.12. The number of hydrogen-bond donors (Lipinski definition) is 1. The third-order valence-corrected chi connectivity index (χ3v) is 4.63. The molecular weight excluding hydrogens is 455 g/mol. The summed E-state index contributed by atoms with van der Waals surface area (Å²) in [6.07, 6.45) is -6.74. The Hall–Kier alpha value is -0.950. The highest BCUT2D eigenvalue weighted by Gasteiger charge is 2.92. The Bertz CT molecular complexity index is 552. The van der Waals surface area contributed by atoms with Gasteiger partial charge in [0, 0.05) is 0 Å². The molecule has 0 aromatic heterocycles. The predicted molar refractivity (Wildman–Crippen MR) is 79.4 cm³/mol. The van der Waals surface area contributed by atoms with Crippen LogP contribution in [0, 0.1) is 0 Å². The second kappa shape index (κ2) is 8.89. The zero-order valence-electron chi connectivity index (χ0n) is 15.8. The SMILES string of the molecule is CCCCCCCCC(C)(O)C(F)(F)C(F)(F)C(F)(F)C(F)(F)C(F)(F)C(F)(F)F. The Morgan fingerprint density at radius 1 is 0.500 bits per heavy atom. The molecule has 0 aromatic rings. The second-order valence-electron chi connectivity index (χ2n) is 7.16. The number of alkyl halides is 13. The largest absolute Gasteiger partial charge is 0.460 e. The summed E-state index contributed by atoms with van der Waals surface area (Å²) in [4.78, 5) is 0. The van der Waals surface area contributed by atoms with Crippen molar-refractivity contribution in [3.63, 3.8) is 0 Å². The molecule has 1 nitrogen and oxygen atoms in total. The Kier molecular flexibility index (Phi) is 8.61. The fraction of sp³-hybridized carbons (Fsp3) is 1.00. The van der Waals surface area contributed by atoms with E-state index in [2.05, 4.69) is 0 Å². The molecule has 0 heterocycles. The standard InChI is InChI=1S/C16H21F13O/c1-3-4-5-6-7-8-9-10(2,30)11(17,18)12(19,20)13(21,22)14(23,24)15(25,26)16(27,28)29/h30H,3-9H2,1-2H3. The molecule has 0 aromatic carbocycles. The minimum atomic E-state index is -7.96. The van der Waals surface area contributed by atoms with Gasteiger partial charge in [0.05, 0.1) is 0 Å². The topological polar surface area (TPSA) is 20.2 Å². The van der Waals surface area contributed by atoms with Gasteiger partial charge in [-0.1, -0.05) is 45.4 Å². The van der Waals surface area contributed by atoms with Crippen LogP contribution in [-0.4, -0.2) is 46.5 Å². The lowest BCUT2D eigenvalue weighted by atomic mass is 9.82. The summed E-state index contributed by atoms with van der Waals surface area (Å²) in [7, 11) is 0. The third kappa shape index (κ3) is 4.77. The molecule has 0 fully saturated rings. The third-order valence-electron chi connectivity index (χ3n) is 4.63. The van der Waals surface area contributed by atoms with Gasteiger partial charge >= 0.3 is 35.8 Å². The minimum absolute atomic E-state index is 0.0521. The Labute approximate surface area is 163 Å². The van der Waals surface area contributed by atoms with Gasteiger partial charge < -0.3 is 5.11 Å². The van der Waals surface area contributed by atoms with Gasteiger partial charge in [-0.3, -0.25) is 0 Å². The summed E-state index contributed by atoms with van der Waals surface area (Å²) >= 11 is 0. The van der Waals surface area contributed by atoms with Gasteiger partial charge in [0.2, 0.25) is 0 Å². The highest BCUT2D eigenvalue weighted by Crippen LogP contribution is 2.62. The molecule has 182 valence electrons. The van der Waals surface area contributed by atoms with E-state index in [9.17, 15) is 62.2 Å². The molecule has 1 N–H and O–H groups in total. The van der Waals surface area contributed by atoms with E-state index < -0.39 is 54.2 Å². The molecule has 0 saturated carbocycles. The average molecular weight is 476 g/mol. The number of unbranched alkanes of at least 4 members (excludes halogenated alkanes) is 5. The van der Waals surface area contributed by atoms with Gasteiger partial charge in [-0.2, -0.15) is 57.1 Å². The highest BCUT2D eigenvalue weighted by molar-refractivity contribution is 5.13. The van der Waals surface area contributed by atoms with Crippen LogP contribution in [0.2, 0.25) is 0 Å². The molecule has 0 radical (unpaired) electrons. The van der Waals surface area contributed by atoms with Crippen LogP contribution in [0.4, 0.5) is 57.1 Å². The second-order valence-corrected chi connectivity index (χ2v) is 7.16. The molecule has 0 aliphatic heterocycles. The summed E-state index contributed by atoms with van der Waals surface area (Å²) in [6, 6.07) is 0. The minimum Gasteiger partial charge on any atom is -0.384 e. The molecule has 0 spiro atoms. The van der Waals surface area contributed by atoms with Crippen molar-refractivity contribution in [1.82, 2.24) is 0 Å². The molecule has 0 amide bonds. The Balaban J connectivity index is 5.83. The normalized spacial score (nSPS) is 17.2. The van der Waals surface area contributed by atoms with E-state index in [-0.39, 0.29) is 13.3 Å². The van der Waals surface area contributed by atoms with Crippen LogP contribution in [0.1, 0.15) is 58.8 Å². The van der Waals surface area contributed by atoms with Gasteiger partial charge in [-0.05, 0) is 13.3 Å². The molecule has 0 aliphatic rings. The van der Waals surface area contributed by atoms with Crippen LogP contribution in [0.25, 0.3) is 0 Å². The van der Waals surface area contributed by atoms with Crippen LogP contribution < -0.4 is 0 Å². The van der Waals surface area contributed by atoms with Crippen LogP contribution >= 0.6 is 0 Å². The van der Waals surface area contributed by atoms with Crippen molar-refractivity contribution in [3.05, 3.63) is 0 Å². The number of aliphatic hydroxyl groups is 1. The Morgan fingerprint density at radius 3 is 1.23 bits per heavy atom. The van der Waals surface area contributed by atoms with Gasteiger partial charge in [-0.15, -0.1) is 0 Å². The van der Waals surface area contributed by atoms with E-state index in [1.807, 2.05) is 6.92 Å². The summed E-state index contributed by atoms with van der Waals surface area (Å²) in [5, 5.41) is 9.55. The summed E-state index contributed by atoms with van der Waals surface area (Å²) < 4.78 is 170. The van der Waals surface area contributed by atoms with Crippen molar-refractivity contribution in [2.24, 2.45) is 0 Å². The van der Waals surface area contributed by atoms with Crippen LogP contribution in [0.15, 0.2) is 0 Å². The quantitative estimate of drug-likeness (QED) is 0.233. The molecule has 0 bridgehead atoms. The van der Waals surface area contributed by atoms with E-state index in [0.29, 0.717) is 12.8 Å². The lowest BCUT2D eigenvalue weighted by Crippen LogP contribution is -2.73. The van der Waals surface area contributed by atoms with Gasteiger partial charge in [-0.25, -0.2) is 0 Å². The van der Waals surface area contributed by atoms with E-state index in [0.717, 1.165) is 12.8 Å². The maximum absolute atomic E-state index is 14.0. The predicted octanol–water partition coefficient (Wildman–Crippen LogP) is 7.23. The number of halogens is 13. The highest BCUT2D eigenvalue weighted by atomic mass is 19.4. The van der Waals surface area contributed by atoms with E-state index in [1.165, 1.54) is 0 Å². The average Bonchev–Trinajstić information content (AvgIpc) is 2.56. The van der Waals surface area contributed by atoms with Crippen LogP contribution in [-0.2, 0) is 0 Å². The van der Waals surface area contributed by atoms with Gasteiger partial charge in [0.15, 0.2) is 0 Å². The first-order valence-corrected chi connectivity index (χ1v) is 8.74. The van der Waals surface area contributed by atoms with Crippen LogP contribution in [0.5, 0.6) is 0 Å². The first-order chi connectivity index (χ1) is 13.1. The van der Waals surface area contributed by atoms with Crippen molar-refractivity contribution in [1.29, 1.82) is 0 Å². The fourth-order valence-electron chi connectivity index (χ4n) is 2.51. The smallest absolute Gasteiger partial charge is 0.384 e. The van der Waals surface area contributed by atoms with Crippen molar-refractivity contribution >= 4 is 0 Å². The van der Waals surface area contributed by atoms with Crippen molar-refractivity contribution in [3.8, 4) is 0 Å². The van der Waals surface area contributed by atoms with Crippen LogP contribution in [0.3, 0.4) is 0 Å².